The molecular formula is C20H14F5N3O3. The Balaban J connectivity index is 1.42. The molecule has 4 rings (SSSR count). The number of aromatic nitrogens is 2. The number of carbonyl (C=O) groups is 1. The third-order valence-electron chi connectivity index (χ3n) is 4.66. The predicted octanol–water partition coefficient (Wildman–Crippen LogP) is 4.33. The van der Waals surface area contributed by atoms with Crippen molar-refractivity contribution in [3.05, 3.63) is 65.6 Å². The Bertz CT molecular complexity index is 1120. The molecule has 3 aromatic rings. The van der Waals surface area contributed by atoms with E-state index >= 15 is 0 Å². The summed E-state index contributed by atoms with van der Waals surface area (Å²) < 4.78 is 75.2. The summed E-state index contributed by atoms with van der Waals surface area (Å²) in [6, 6.07) is 8.78. The molecule has 0 spiro atoms. The molecule has 1 saturated heterocycles. The lowest BCUT2D eigenvalue weighted by Crippen LogP contribution is -2.31. The zero-order valence-electron chi connectivity index (χ0n) is 15.7. The summed E-state index contributed by atoms with van der Waals surface area (Å²) >= 11 is 0. The van der Waals surface area contributed by atoms with E-state index in [4.69, 9.17) is 4.74 Å². The Kier molecular flexibility index (Phi) is 5.34. The van der Waals surface area contributed by atoms with Crippen molar-refractivity contribution in [2.45, 2.75) is 18.7 Å². The maximum Gasteiger partial charge on any atom is 0.471 e. The summed E-state index contributed by atoms with van der Waals surface area (Å²) in [7, 11) is 0. The van der Waals surface area contributed by atoms with Gasteiger partial charge in [0.2, 0.25) is 5.82 Å². The molecule has 11 heteroatoms. The molecule has 0 bridgehead atoms. The zero-order chi connectivity index (χ0) is 22.2. The van der Waals surface area contributed by atoms with E-state index < -0.39 is 35.6 Å². The standard InChI is InChI=1S/C20H14F5N3O3/c21-13-3-1-2-12(8-13)18(29)28-7-6-14(10-28)30-16-5-4-11(9-15(16)22)17-26-19(31-27-17)20(23,24)25/h1-5,8-9,14H,6-7,10H2. The van der Waals surface area contributed by atoms with Crippen LogP contribution in [0.3, 0.4) is 0 Å². The number of rotatable bonds is 4. The number of alkyl halides is 3. The van der Waals surface area contributed by atoms with Crippen molar-refractivity contribution in [1.29, 1.82) is 0 Å². The Labute approximate surface area is 172 Å². The third-order valence-corrected chi connectivity index (χ3v) is 4.66. The highest BCUT2D eigenvalue weighted by atomic mass is 19.4. The number of halogens is 5. The molecule has 0 saturated carbocycles. The molecule has 2 heterocycles. The first-order valence-corrected chi connectivity index (χ1v) is 9.13. The molecule has 1 unspecified atom stereocenters. The molecule has 1 aliphatic rings. The maximum absolute atomic E-state index is 14.4. The van der Waals surface area contributed by atoms with E-state index in [1.165, 1.54) is 35.2 Å². The van der Waals surface area contributed by atoms with Crippen LogP contribution in [0.2, 0.25) is 0 Å². The fourth-order valence-electron chi connectivity index (χ4n) is 3.18. The summed E-state index contributed by atoms with van der Waals surface area (Å²) in [5, 5.41) is 3.21. The number of benzene rings is 2. The second-order valence-electron chi connectivity index (χ2n) is 6.86. The van der Waals surface area contributed by atoms with Crippen molar-refractivity contribution in [2.75, 3.05) is 13.1 Å². The topological polar surface area (TPSA) is 68.5 Å². The number of nitrogens with zero attached hydrogens (tertiary/aromatic N) is 3. The molecule has 0 N–H and O–H groups in total. The normalized spacial score (nSPS) is 16.5. The first-order valence-electron chi connectivity index (χ1n) is 9.13. The number of amides is 1. The van der Waals surface area contributed by atoms with Crippen molar-refractivity contribution in [1.82, 2.24) is 15.0 Å². The quantitative estimate of drug-likeness (QED) is 0.567. The van der Waals surface area contributed by atoms with Gasteiger partial charge >= 0.3 is 12.1 Å². The van der Waals surface area contributed by atoms with Gasteiger partial charge in [0, 0.05) is 24.1 Å². The molecule has 6 nitrogen and oxygen atoms in total. The van der Waals surface area contributed by atoms with Gasteiger partial charge in [-0.15, -0.1) is 0 Å². The van der Waals surface area contributed by atoms with Crippen LogP contribution in [0, 0.1) is 11.6 Å². The molecule has 0 aliphatic carbocycles. The maximum atomic E-state index is 14.4. The van der Waals surface area contributed by atoms with E-state index in [-0.39, 0.29) is 29.3 Å². The van der Waals surface area contributed by atoms with Gasteiger partial charge in [0.1, 0.15) is 11.9 Å². The van der Waals surface area contributed by atoms with E-state index in [0.29, 0.717) is 13.0 Å². The first kappa shape index (κ1) is 20.8. The summed E-state index contributed by atoms with van der Waals surface area (Å²) in [6.45, 7) is 0.527. The van der Waals surface area contributed by atoms with Crippen LogP contribution in [0.5, 0.6) is 5.75 Å². The van der Waals surface area contributed by atoms with Crippen LogP contribution in [-0.4, -0.2) is 40.1 Å². The lowest BCUT2D eigenvalue weighted by Gasteiger charge is -2.17. The highest BCUT2D eigenvalue weighted by molar-refractivity contribution is 5.94. The SMILES string of the molecule is O=C(c1cccc(F)c1)N1CCC(Oc2ccc(-c3noc(C(F)(F)F)n3)cc2F)C1. The first-order chi connectivity index (χ1) is 14.7. The zero-order valence-corrected chi connectivity index (χ0v) is 15.7. The van der Waals surface area contributed by atoms with Gasteiger partial charge in [-0.2, -0.15) is 18.2 Å². The molecule has 1 amide bonds. The molecule has 1 fully saturated rings. The minimum atomic E-state index is -4.80. The number of hydrogen-bond acceptors (Lipinski definition) is 5. The molecule has 1 atom stereocenters. The fourth-order valence-corrected chi connectivity index (χ4v) is 3.18. The van der Waals surface area contributed by atoms with Gasteiger partial charge in [0.15, 0.2) is 11.6 Å². The Morgan fingerprint density at radius 1 is 1.16 bits per heavy atom. The van der Waals surface area contributed by atoms with Gasteiger partial charge in [-0.25, -0.2) is 8.78 Å². The van der Waals surface area contributed by atoms with Crippen molar-refractivity contribution in [3.8, 4) is 17.1 Å². The summed E-state index contributed by atoms with van der Waals surface area (Å²) in [6.07, 6.45) is -4.87. The summed E-state index contributed by atoms with van der Waals surface area (Å²) in [4.78, 5) is 17.1. The van der Waals surface area contributed by atoms with E-state index in [0.717, 1.165) is 12.1 Å². The van der Waals surface area contributed by atoms with Crippen LogP contribution in [0.1, 0.15) is 22.7 Å². The molecular weight excluding hydrogens is 425 g/mol. The minimum absolute atomic E-state index is 0.0153. The largest absolute Gasteiger partial charge is 0.485 e. The second-order valence-corrected chi connectivity index (χ2v) is 6.86. The number of carbonyl (C=O) groups excluding carboxylic acids is 1. The van der Waals surface area contributed by atoms with Crippen molar-refractivity contribution in [3.63, 3.8) is 0 Å². The monoisotopic (exact) mass is 439 g/mol. The molecule has 0 radical (unpaired) electrons. The number of hydrogen-bond donors (Lipinski definition) is 0. The van der Waals surface area contributed by atoms with Crippen LogP contribution in [-0.2, 0) is 6.18 Å². The fraction of sp³-hybridized carbons (Fsp3) is 0.250. The van der Waals surface area contributed by atoms with Crippen molar-refractivity contribution >= 4 is 5.91 Å². The number of likely N-dealkylation sites (tertiary alicyclic amines) is 1. The lowest BCUT2D eigenvalue weighted by atomic mass is 10.2. The van der Waals surface area contributed by atoms with Gasteiger partial charge in [-0.05, 0) is 36.4 Å². The van der Waals surface area contributed by atoms with Crippen LogP contribution in [0.25, 0.3) is 11.4 Å². The van der Waals surface area contributed by atoms with Crippen molar-refractivity contribution in [2.24, 2.45) is 0 Å². The van der Waals surface area contributed by atoms with Gasteiger partial charge in [-0.3, -0.25) is 4.79 Å². The minimum Gasteiger partial charge on any atom is -0.485 e. The second kappa shape index (κ2) is 7.97. The Morgan fingerprint density at radius 2 is 1.97 bits per heavy atom. The van der Waals surface area contributed by atoms with E-state index in [1.54, 1.807) is 0 Å². The van der Waals surface area contributed by atoms with E-state index in [9.17, 15) is 26.7 Å². The number of ether oxygens (including phenoxy) is 1. The van der Waals surface area contributed by atoms with Crippen molar-refractivity contribution < 1.29 is 36.0 Å². The van der Waals surface area contributed by atoms with E-state index in [1.807, 2.05) is 0 Å². The summed E-state index contributed by atoms with van der Waals surface area (Å²) in [5.41, 5.74) is 0.188. The molecule has 31 heavy (non-hydrogen) atoms. The van der Waals surface area contributed by atoms with Crippen LogP contribution in [0.4, 0.5) is 22.0 Å². The van der Waals surface area contributed by atoms with Gasteiger partial charge < -0.3 is 14.2 Å². The average Bonchev–Trinajstić information content (AvgIpc) is 3.39. The van der Waals surface area contributed by atoms with E-state index in [2.05, 4.69) is 14.7 Å². The third kappa shape index (κ3) is 4.49. The smallest absolute Gasteiger partial charge is 0.471 e. The Hall–Kier alpha value is -3.50. The molecule has 162 valence electrons. The lowest BCUT2D eigenvalue weighted by molar-refractivity contribution is -0.159. The average molecular weight is 439 g/mol. The molecule has 1 aliphatic heterocycles. The molecule has 1 aromatic heterocycles. The van der Waals surface area contributed by atoms with Crippen LogP contribution >= 0.6 is 0 Å². The van der Waals surface area contributed by atoms with Gasteiger partial charge in [-0.1, -0.05) is 11.2 Å². The highest BCUT2D eigenvalue weighted by Crippen LogP contribution is 2.31. The van der Waals surface area contributed by atoms with Gasteiger partial charge in [0.25, 0.3) is 5.91 Å². The Morgan fingerprint density at radius 3 is 2.65 bits per heavy atom. The molecule has 2 aromatic carbocycles. The highest BCUT2D eigenvalue weighted by Gasteiger charge is 2.38. The predicted molar refractivity (Wildman–Crippen MR) is 96.0 cm³/mol. The summed E-state index contributed by atoms with van der Waals surface area (Å²) in [5.74, 6) is -3.79. The van der Waals surface area contributed by atoms with Gasteiger partial charge in [0.05, 0.1) is 6.54 Å². The van der Waals surface area contributed by atoms with Crippen LogP contribution in [0.15, 0.2) is 47.0 Å². The van der Waals surface area contributed by atoms with Crippen LogP contribution < -0.4 is 4.74 Å².